The number of nitrogens with one attached hydrogen (secondary N) is 1. The molecule has 0 bridgehead atoms. The highest BCUT2D eigenvalue weighted by Gasteiger charge is 2.41. The Labute approximate surface area is 186 Å². The minimum Gasteiger partial charge on any atom is -0.454 e. The van der Waals surface area contributed by atoms with Gasteiger partial charge in [0.2, 0.25) is 6.79 Å². The Hall–Kier alpha value is -3.10. The smallest absolute Gasteiger partial charge is 0.231 e. The standard InChI is InChI=1S/C23H24N4O3S/c1-14-11-17(15(2)27(14)16-6-7-19-20(12-16)30-13-29-19)22-21(18-5-3-4-8-24-18)25-23(31)26(22)9-10-28/h3-8,11-12,21-22,28H,9-10,13H2,1-2H3,(H,25,31)/t21-,22+/m1/s1. The summed E-state index contributed by atoms with van der Waals surface area (Å²) >= 11 is 5.63. The third-order valence-corrected chi connectivity index (χ3v) is 6.29. The Morgan fingerprint density at radius 3 is 2.77 bits per heavy atom. The highest BCUT2D eigenvalue weighted by molar-refractivity contribution is 7.80. The van der Waals surface area contributed by atoms with E-state index in [2.05, 4.69) is 39.7 Å². The molecule has 5 rings (SSSR count). The number of nitrogens with zero attached hydrogens (tertiary/aromatic N) is 3. The maximum absolute atomic E-state index is 9.69. The first-order valence-electron chi connectivity index (χ1n) is 10.3. The van der Waals surface area contributed by atoms with Gasteiger partial charge in [-0.3, -0.25) is 4.98 Å². The van der Waals surface area contributed by atoms with Gasteiger partial charge >= 0.3 is 0 Å². The van der Waals surface area contributed by atoms with E-state index in [-0.39, 0.29) is 25.5 Å². The van der Waals surface area contributed by atoms with Crippen molar-refractivity contribution in [3.8, 4) is 17.2 Å². The quantitative estimate of drug-likeness (QED) is 0.595. The maximum atomic E-state index is 9.69. The van der Waals surface area contributed by atoms with Crippen LogP contribution in [0.25, 0.3) is 5.69 Å². The van der Waals surface area contributed by atoms with Crippen molar-refractivity contribution >= 4 is 17.3 Å². The summed E-state index contributed by atoms with van der Waals surface area (Å²) in [6, 6.07) is 13.9. The molecule has 0 spiro atoms. The molecule has 1 saturated heterocycles. The molecule has 2 aromatic heterocycles. The molecule has 0 amide bonds. The van der Waals surface area contributed by atoms with Gasteiger partial charge in [0.05, 0.1) is 24.4 Å². The molecule has 0 radical (unpaired) electrons. The molecule has 0 aliphatic carbocycles. The van der Waals surface area contributed by atoms with Crippen molar-refractivity contribution < 1.29 is 14.6 Å². The van der Waals surface area contributed by atoms with Gasteiger partial charge in [0, 0.05) is 35.9 Å². The zero-order chi connectivity index (χ0) is 21.5. The number of pyridine rings is 1. The molecule has 1 fully saturated rings. The van der Waals surface area contributed by atoms with E-state index in [4.69, 9.17) is 21.7 Å². The normalized spacial score (nSPS) is 19.7. The highest BCUT2D eigenvalue weighted by atomic mass is 32.1. The molecule has 2 aliphatic heterocycles. The number of aryl methyl sites for hydroxylation is 1. The van der Waals surface area contributed by atoms with Crippen molar-refractivity contribution in [1.82, 2.24) is 19.8 Å². The van der Waals surface area contributed by atoms with E-state index in [9.17, 15) is 5.11 Å². The fourth-order valence-electron chi connectivity index (χ4n) is 4.60. The van der Waals surface area contributed by atoms with E-state index in [1.54, 1.807) is 6.20 Å². The lowest BCUT2D eigenvalue weighted by Crippen LogP contribution is -2.32. The highest BCUT2D eigenvalue weighted by Crippen LogP contribution is 2.42. The number of aromatic nitrogens is 2. The monoisotopic (exact) mass is 436 g/mol. The number of hydrogen-bond acceptors (Lipinski definition) is 5. The number of rotatable bonds is 5. The van der Waals surface area contributed by atoms with Crippen molar-refractivity contribution in [3.63, 3.8) is 0 Å². The molecule has 2 aliphatic rings. The van der Waals surface area contributed by atoms with Gasteiger partial charge in [0.25, 0.3) is 0 Å². The number of thiocarbonyl (C=S) groups is 1. The minimum atomic E-state index is -0.106. The fourth-order valence-corrected chi connectivity index (χ4v) is 4.93. The number of ether oxygens (including phenoxy) is 2. The zero-order valence-corrected chi connectivity index (χ0v) is 18.2. The maximum Gasteiger partial charge on any atom is 0.231 e. The van der Waals surface area contributed by atoms with E-state index >= 15 is 0 Å². The summed E-state index contributed by atoms with van der Waals surface area (Å²) in [6.45, 7) is 4.93. The second-order valence-electron chi connectivity index (χ2n) is 7.74. The van der Waals surface area contributed by atoms with Crippen LogP contribution in [0, 0.1) is 13.8 Å². The molecule has 0 unspecified atom stereocenters. The summed E-state index contributed by atoms with van der Waals surface area (Å²) in [5.74, 6) is 1.52. The van der Waals surface area contributed by atoms with Crippen LogP contribution < -0.4 is 14.8 Å². The van der Waals surface area contributed by atoms with Crippen molar-refractivity contribution in [2.24, 2.45) is 0 Å². The lowest BCUT2D eigenvalue weighted by molar-refractivity contribution is 0.174. The van der Waals surface area contributed by atoms with Crippen LogP contribution in [0.5, 0.6) is 11.5 Å². The summed E-state index contributed by atoms with van der Waals surface area (Å²) in [4.78, 5) is 6.63. The molecule has 8 heteroatoms. The summed E-state index contributed by atoms with van der Waals surface area (Å²) < 4.78 is 13.3. The first kappa shape index (κ1) is 19.8. The third kappa shape index (κ3) is 3.32. The van der Waals surface area contributed by atoms with Crippen LogP contribution in [0.4, 0.5) is 0 Å². The Balaban J connectivity index is 1.60. The molecule has 1 aromatic carbocycles. The summed E-state index contributed by atoms with van der Waals surface area (Å²) in [7, 11) is 0. The zero-order valence-electron chi connectivity index (χ0n) is 17.4. The van der Waals surface area contributed by atoms with E-state index in [0.29, 0.717) is 11.7 Å². The number of benzene rings is 1. The van der Waals surface area contributed by atoms with Crippen LogP contribution in [0.3, 0.4) is 0 Å². The second kappa shape index (κ2) is 7.86. The summed E-state index contributed by atoms with van der Waals surface area (Å²) in [5, 5.41) is 13.7. The van der Waals surface area contributed by atoms with Gasteiger partial charge in [0.15, 0.2) is 16.6 Å². The van der Waals surface area contributed by atoms with Crippen molar-refractivity contribution in [2.75, 3.05) is 19.9 Å². The molecular formula is C23H24N4O3S. The van der Waals surface area contributed by atoms with Crippen LogP contribution in [0.15, 0.2) is 48.7 Å². The first-order chi connectivity index (χ1) is 15.1. The largest absolute Gasteiger partial charge is 0.454 e. The number of β-amino-alcohol motifs (C(OH)–C–C–N with tert-alkyl or cyclic N) is 1. The van der Waals surface area contributed by atoms with Gasteiger partial charge in [-0.25, -0.2) is 0 Å². The Morgan fingerprint density at radius 1 is 1.16 bits per heavy atom. The Kier molecular flexibility index (Phi) is 5.03. The van der Waals surface area contributed by atoms with Crippen LogP contribution in [-0.2, 0) is 0 Å². The SMILES string of the molecule is Cc1cc([C@H]2[C@@H](c3ccccn3)NC(=S)N2CCO)c(C)n1-c1ccc2c(c1)OCO2. The van der Waals surface area contributed by atoms with E-state index in [1.807, 2.05) is 36.4 Å². The number of fused-ring (bicyclic) bond motifs is 1. The van der Waals surface area contributed by atoms with Crippen LogP contribution in [0.1, 0.15) is 34.7 Å². The topological polar surface area (TPSA) is 71.8 Å². The molecule has 7 nitrogen and oxygen atoms in total. The van der Waals surface area contributed by atoms with Gasteiger partial charge in [-0.15, -0.1) is 0 Å². The van der Waals surface area contributed by atoms with Crippen LogP contribution in [0.2, 0.25) is 0 Å². The van der Waals surface area contributed by atoms with Crippen molar-refractivity contribution in [3.05, 3.63) is 71.3 Å². The number of aliphatic hydroxyl groups is 1. The lowest BCUT2D eigenvalue weighted by Gasteiger charge is -2.27. The minimum absolute atomic E-state index is 0.0220. The molecule has 2 atom stereocenters. The molecule has 4 heterocycles. The predicted molar refractivity (Wildman–Crippen MR) is 121 cm³/mol. The van der Waals surface area contributed by atoms with Gasteiger partial charge in [-0.05, 0) is 62.0 Å². The molecular weight excluding hydrogens is 412 g/mol. The average Bonchev–Trinajstić information content (AvgIpc) is 3.45. The van der Waals surface area contributed by atoms with E-state index < -0.39 is 0 Å². The third-order valence-electron chi connectivity index (χ3n) is 5.94. The number of aliphatic hydroxyl groups excluding tert-OH is 1. The van der Waals surface area contributed by atoms with E-state index in [0.717, 1.165) is 39.8 Å². The number of hydrogen-bond donors (Lipinski definition) is 2. The summed E-state index contributed by atoms with van der Waals surface area (Å²) in [5.41, 5.74) is 5.29. The fraction of sp³-hybridized carbons (Fsp3) is 0.304. The Bertz CT molecular complexity index is 1130. The summed E-state index contributed by atoms with van der Waals surface area (Å²) in [6.07, 6.45) is 1.79. The molecule has 0 saturated carbocycles. The Morgan fingerprint density at radius 2 is 2.00 bits per heavy atom. The van der Waals surface area contributed by atoms with Gasteiger partial charge in [-0.1, -0.05) is 6.07 Å². The van der Waals surface area contributed by atoms with Crippen LogP contribution in [-0.4, -0.2) is 44.6 Å². The average molecular weight is 437 g/mol. The first-order valence-corrected chi connectivity index (χ1v) is 10.7. The van der Waals surface area contributed by atoms with Crippen LogP contribution >= 0.6 is 12.2 Å². The van der Waals surface area contributed by atoms with Crippen molar-refractivity contribution in [2.45, 2.75) is 25.9 Å². The van der Waals surface area contributed by atoms with Gasteiger partial charge in [0.1, 0.15) is 0 Å². The predicted octanol–water partition coefficient (Wildman–Crippen LogP) is 3.18. The second-order valence-corrected chi connectivity index (χ2v) is 8.13. The van der Waals surface area contributed by atoms with Crippen molar-refractivity contribution in [1.29, 1.82) is 0 Å². The molecule has 2 N–H and O–H groups in total. The molecule has 31 heavy (non-hydrogen) atoms. The van der Waals surface area contributed by atoms with Gasteiger partial charge in [-0.2, -0.15) is 0 Å². The van der Waals surface area contributed by atoms with E-state index in [1.165, 1.54) is 0 Å². The van der Waals surface area contributed by atoms with Gasteiger partial charge < -0.3 is 29.4 Å². The molecule has 3 aromatic rings. The lowest BCUT2D eigenvalue weighted by atomic mass is 9.97. The molecule has 160 valence electrons.